The Balaban J connectivity index is 2.02. The van der Waals surface area contributed by atoms with Crippen LogP contribution in [0.15, 0.2) is 24.3 Å². The Morgan fingerprint density at radius 1 is 1.42 bits per heavy atom. The monoisotopic (exact) mass is 262 g/mol. The van der Waals surface area contributed by atoms with Crippen LogP contribution < -0.4 is 5.32 Å². The maximum Gasteiger partial charge on any atom is 0.253 e. The van der Waals surface area contributed by atoms with Gasteiger partial charge in [-0.2, -0.15) is 0 Å². The van der Waals surface area contributed by atoms with Gasteiger partial charge in [0.2, 0.25) is 0 Å². The predicted octanol–water partition coefficient (Wildman–Crippen LogP) is 1.85. The van der Waals surface area contributed by atoms with E-state index in [9.17, 15) is 9.90 Å². The van der Waals surface area contributed by atoms with Gasteiger partial charge in [-0.15, -0.1) is 0 Å². The van der Waals surface area contributed by atoms with Crippen molar-refractivity contribution in [3.63, 3.8) is 0 Å². The lowest BCUT2D eigenvalue weighted by molar-refractivity contribution is 0.0726. The molecule has 1 aromatic rings. The highest BCUT2D eigenvalue weighted by molar-refractivity contribution is 5.94. The number of phenols is 1. The van der Waals surface area contributed by atoms with Gasteiger partial charge in [-0.1, -0.05) is 6.07 Å². The highest BCUT2D eigenvalue weighted by Gasteiger charge is 2.20. The first kappa shape index (κ1) is 13.9. The molecular formula is C15H22N2O2. The zero-order chi connectivity index (χ0) is 13.7. The first-order valence-electron chi connectivity index (χ1n) is 6.99. The number of hydrogen-bond acceptors (Lipinski definition) is 3. The maximum atomic E-state index is 12.4. The number of hydrogen-bond donors (Lipinski definition) is 2. The summed E-state index contributed by atoms with van der Waals surface area (Å²) >= 11 is 0. The molecule has 0 unspecified atom stereocenters. The molecule has 19 heavy (non-hydrogen) atoms. The van der Waals surface area contributed by atoms with Crippen LogP contribution in [0.3, 0.4) is 0 Å². The molecule has 4 nitrogen and oxygen atoms in total. The molecule has 1 amide bonds. The zero-order valence-electron chi connectivity index (χ0n) is 11.4. The maximum absolute atomic E-state index is 12.4. The summed E-state index contributed by atoms with van der Waals surface area (Å²) in [6, 6.07) is 6.58. The minimum Gasteiger partial charge on any atom is -0.508 e. The molecule has 1 aliphatic heterocycles. The fourth-order valence-corrected chi connectivity index (χ4v) is 2.55. The molecule has 1 saturated heterocycles. The van der Waals surface area contributed by atoms with Crippen molar-refractivity contribution in [1.29, 1.82) is 0 Å². The van der Waals surface area contributed by atoms with Gasteiger partial charge in [-0.05, 0) is 57.0 Å². The number of benzene rings is 1. The first-order valence-corrected chi connectivity index (χ1v) is 6.99. The molecular weight excluding hydrogens is 240 g/mol. The van der Waals surface area contributed by atoms with E-state index in [1.165, 1.54) is 6.07 Å². The van der Waals surface area contributed by atoms with Crippen LogP contribution in [0, 0.1) is 5.92 Å². The summed E-state index contributed by atoms with van der Waals surface area (Å²) in [5.41, 5.74) is 0.566. The number of nitrogens with one attached hydrogen (secondary N) is 1. The summed E-state index contributed by atoms with van der Waals surface area (Å²) in [5.74, 6) is 0.739. The fraction of sp³-hybridized carbons (Fsp3) is 0.533. The third-order valence-corrected chi connectivity index (χ3v) is 3.70. The normalized spacial score (nSPS) is 16.3. The fourth-order valence-electron chi connectivity index (χ4n) is 2.55. The van der Waals surface area contributed by atoms with Crippen LogP contribution in [0.1, 0.15) is 30.1 Å². The smallest absolute Gasteiger partial charge is 0.253 e. The van der Waals surface area contributed by atoms with Gasteiger partial charge < -0.3 is 15.3 Å². The Kier molecular flexibility index (Phi) is 4.80. The lowest BCUT2D eigenvalue weighted by Crippen LogP contribution is -2.39. The van der Waals surface area contributed by atoms with E-state index in [1.54, 1.807) is 18.2 Å². The van der Waals surface area contributed by atoms with E-state index in [2.05, 4.69) is 5.32 Å². The van der Waals surface area contributed by atoms with Gasteiger partial charge in [0.25, 0.3) is 5.91 Å². The second-order valence-corrected chi connectivity index (χ2v) is 5.09. The van der Waals surface area contributed by atoms with E-state index in [0.717, 1.165) is 32.5 Å². The quantitative estimate of drug-likeness (QED) is 0.870. The molecule has 104 valence electrons. The second-order valence-electron chi connectivity index (χ2n) is 5.09. The van der Waals surface area contributed by atoms with Crippen molar-refractivity contribution in [2.75, 3.05) is 26.2 Å². The van der Waals surface area contributed by atoms with Gasteiger partial charge in [0.05, 0.1) is 0 Å². The van der Waals surface area contributed by atoms with Crippen LogP contribution in [-0.4, -0.2) is 42.1 Å². The molecule has 1 aromatic carbocycles. The lowest BCUT2D eigenvalue weighted by Gasteiger charge is -2.29. The molecule has 0 aliphatic carbocycles. The highest BCUT2D eigenvalue weighted by Crippen LogP contribution is 2.17. The molecule has 1 aliphatic rings. The van der Waals surface area contributed by atoms with E-state index in [1.807, 2.05) is 11.8 Å². The van der Waals surface area contributed by atoms with Crippen molar-refractivity contribution in [3.8, 4) is 5.75 Å². The van der Waals surface area contributed by atoms with E-state index in [4.69, 9.17) is 0 Å². The van der Waals surface area contributed by atoms with E-state index in [-0.39, 0.29) is 11.7 Å². The van der Waals surface area contributed by atoms with Gasteiger partial charge >= 0.3 is 0 Å². The second kappa shape index (κ2) is 6.57. The van der Waals surface area contributed by atoms with Crippen LogP contribution in [0.2, 0.25) is 0 Å². The molecule has 0 aromatic heterocycles. The third kappa shape index (κ3) is 3.70. The largest absolute Gasteiger partial charge is 0.508 e. The molecule has 0 spiro atoms. The number of carbonyl (C=O) groups excluding carboxylic acids is 1. The summed E-state index contributed by atoms with van der Waals surface area (Å²) in [6.07, 6.45) is 2.26. The molecule has 2 rings (SSSR count). The van der Waals surface area contributed by atoms with Gasteiger partial charge in [-0.3, -0.25) is 4.79 Å². The molecule has 4 heteroatoms. The molecule has 1 fully saturated rings. The Morgan fingerprint density at radius 3 is 2.79 bits per heavy atom. The standard InChI is InChI=1S/C15H22N2O2/c1-2-17(11-12-6-8-16-9-7-12)15(19)13-4-3-5-14(18)10-13/h3-5,10,12,16,18H,2,6-9,11H2,1H3. The molecule has 0 bridgehead atoms. The predicted molar refractivity (Wildman–Crippen MR) is 75.3 cm³/mol. The zero-order valence-corrected chi connectivity index (χ0v) is 11.4. The van der Waals surface area contributed by atoms with Crippen molar-refractivity contribution < 1.29 is 9.90 Å². The molecule has 0 atom stereocenters. The average Bonchev–Trinajstić information content (AvgIpc) is 2.45. The number of aromatic hydroxyl groups is 1. The van der Waals surface area contributed by atoms with Crippen molar-refractivity contribution in [3.05, 3.63) is 29.8 Å². The first-order chi connectivity index (χ1) is 9.20. The number of carbonyl (C=O) groups is 1. The van der Waals surface area contributed by atoms with Crippen molar-refractivity contribution >= 4 is 5.91 Å². The summed E-state index contributed by atoms with van der Waals surface area (Å²) < 4.78 is 0. The number of rotatable bonds is 4. The summed E-state index contributed by atoms with van der Waals surface area (Å²) in [6.45, 7) is 5.61. The van der Waals surface area contributed by atoms with Crippen molar-refractivity contribution in [2.24, 2.45) is 5.92 Å². The van der Waals surface area contributed by atoms with E-state index >= 15 is 0 Å². The summed E-state index contributed by atoms with van der Waals surface area (Å²) in [5, 5.41) is 12.8. The van der Waals surface area contributed by atoms with Gasteiger partial charge in [0, 0.05) is 18.7 Å². The number of phenolic OH excluding ortho intramolecular Hbond substituents is 1. The number of amides is 1. The third-order valence-electron chi connectivity index (χ3n) is 3.70. The van der Waals surface area contributed by atoms with Crippen LogP contribution in [0.25, 0.3) is 0 Å². The SMILES string of the molecule is CCN(CC1CCNCC1)C(=O)c1cccc(O)c1. The van der Waals surface area contributed by atoms with Gasteiger partial charge in [-0.25, -0.2) is 0 Å². The van der Waals surface area contributed by atoms with E-state index < -0.39 is 0 Å². The Labute approximate surface area is 114 Å². The topological polar surface area (TPSA) is 52.6 Å². The Bertz CT molecular complexity index is 428. The summed E-state index contributed by atoms with van der Waals surface area (Å²) in [4.78, 5) is 14.3. The van der Waals surface area contributed by atoms with Crippen molar-refractivity contribution in [2.45, 2.75) is 19.8 Å². The van der Waals surface area contributed by atoms with Crippen LogP contribution in [0.4, 0.5) is 0 Å². The number of nitrogens with zero attached hydrogens (tertiary/aromatic N) is 1. The molecule has 1 heterocycles. The molecule has 0 radical (unpaired) electrons. The summed E-state index contributed by atoms with van der Waals surface area (Å²) in [7, 11) is 0. The van der Waals surface area contributed by atoms with Gasteiger partial charge in [0.15, 0.2) is 0 Å². The van der Waals surface area contributed by atoms with Gasteiger partial charge in [0.1, 0.15) is 5.75 Å². The van der Waals surface area contributed by atoms with Crippen molar-refractivity contribution in [1.82, 2.24) is 10.2 Å². The number of piperidine rings is 1. The molecule has 0 saturated carbocycles. The highest BCUT2D eigenvalue weighted by atomic mass is 16.3. The van der Waals surface area contributed by atoms with E-state index in [0.29, 0.717) is 18.0 Å². The minimum atomic E-state index is 0.0110. The van der Waals surface area contributed by atoms with Crippen LogP contribution in [-0.2, 0) is 0 Å². The Hall–Kier alpha value is -1.55. The van der Waals surface area contributed by atoms with Crippen LogP contribution >= 0.6 is 0 Å². The van der Waals surface area contributed by atoms with Crippen LogP contribution in [0.5, 0.6) is 5.75 Å². The average molecular weight is 262 g/mol. The molecule has 2 N–H and O–H groups in total. The lowest BCUT2D eigenvalue weighted by atomic mass is 9.97. The Morgan fingerprint density at radius 2 is 2.16 bits per heavy atom. The minimum absolute atomic E-state index is 0.0110.